The fourth-order valence-electron chi connectivity index (χ4n) is 4.13. The summed E-state index contributed by atoms with van der Waals surface area (Å²) >= 11 is 0. The van der Waals surface area contributed by atoms with Gasteiger partial charge in [-0.15, -0.1) is 0 Å². The fourth-order valence-corrected chi connectivity index (χ4v) is 4.13. The molecule has 1 saturated carbocycles. The van der Waals surface area contributed by atoms with E-state index in [2.05, 4.69) is 19.2 Å². The van der Waals surface area contributed by atoms with Crippen LogP contribution in [0, 0.1) is 0 Å². The molecule has 2 heterocycles. The molecule has 3 heteroatoms. The molecular formula is C16H29NO2. The van der Waals surface area contributed by atoms with Crippen molar-refractivity contribution < 1.29 is 9.47 Å². The van der Waals surface area contributed by atoms with Gasteiger partial charge in [0.05, 0.1) is 17.3 Å². The Morgan fingerprint density at radius 1 is 1.11 bits per heavy atom. The van der Waals surface area contributed by atoms with Crippen molar-refractivity contribution >= 4 is 0 Å². The second-order valence-corrected chi connectivity index (χ2v) is 7.37. The Labute approximate surface area is 117 Å². The van der Waals surface area contributed by atoms with Crippen LogP contribution < -0.4 is 5.32 Å². The minimum absolute atomic E-state index is 0.0408. The molecule has 3 fully saturated rings. The summed E-state index contributed by atoms with van der Waals surface area (Å²) in [6, 6.07) is 0.604. The van der Waals surface area contributed by atoms with E-state index in [1.54, 1.807) is 0 Å². The van der Waals surface area contributed by atoms with Gasteiger partial charge in [-0.1, -0.05) is 12.8 Å². The van der Waals surface area contributed by atoms with Crippen molar-refractivity contribution in [2.45, 2.75) is 88.6 Å². The van der Waals surface area contributed by atoms with E-state index in [0.717, 1.165) is 26.0 Å². The molecule has 2 atom stereocenters. The summed E-state index contributed by atoms with van der Waals surface area (Å²) in [5.41, 5.74) is 0.320. The van der Waals surface area contributed by atoms with Crippen LogP contribution in [0.5, 0.6) is 0 Å². The Bertz CT molecular complexity index is 310. The van der Waals surface area contributed by atoms with Gasteiger partial charge in [-0.25, -0.2) is 0 Å². The van der Waals surface area contributed by atoms with E-state index >= 15 is 0 Å². The maximum atomic E-state index is 6.36. The van der Waals surface area contributed by atoms with E-state index in [1.807, 2.05) is 0 Å². The highest BCUT2D eigenvalue weighted by Crippen LogP contribution is 2.43. The SMILES string of the molecule is CC1(C)CC(NCC2CCC3(CCCC3)O2)CCO1. The van der Waals surface area contributed by atoms with E-state index < -0.39 is 0 Å². The molecule has 1 N–H and O–H groups in total. The largest absolute Gasteiger partial charge is 0.375 e. The molecule has 110 valence electrons. The highest BCUT2D eigenvalue weighted by atomic mass is 16.5. The van der Waals surface area contributed by atoms with Crippen molar-refractivity contribution in [2.75, 3.05) is 13.2 Å². The summed E-state index contributed by atoms with van der Waals surface area (Å²) in [6.45, 7) is 6.31. The van der Waals surface area contributed by atoms with Gasteiger partial charge in [0, 0.05) is 19.2 Å². The van der Waals surface area contributed by atoms with Gasteiger partial charge >= 0.3 is 0 Å². The highest BCUT2D eigenvalue weighted by Gasteiger charge is 2.42. The van der Waals surface area contributed by atoms with E-state index in [9.17, 15) is 0 Å². The summed E-state index contributed by atoms with van der Waals surface area (Å²) in [5.74, 6) is 0. The van der Waals surface area contributed by atoms with Crippen LogP contribution in [0.4, 0.5) is 0 Å². The number of hydrogen-bond donors (Lipinski definition) is 1. The molecule has 19 heavy (non-hydrogen) atoms. The van der Waals surface area contributed by atoms with E-state index in [0.29, 0.717) is 12.1 Å². The average Bonchev–Trinajstić information content (AvgIpc) is 2.97. The zero-order valence-electron chi connectivity index (χ0n) is 12.5. The summed E-state index contributed by atoms with van der Waals surface area (Å²) in [7, 11) is 0. The zero-order chi connectivity index (χ0) is 13.3. The molecule has 1 spiro atoms. The van der Waals surface area contributed by atoms with Crippen LogP contribution in [0.2, 0.25) is 0 Å². The topological polar surface area (TPSA) is 30.5 Å². The molecule has 0 bridgehead atoms. The molecule has 0 aromatic carbocycles. The molecule has 3 rings (SSSR count). The Balaban J connectivity index is 1.43. The molecule has 2 aliphatic heterocycles. The Hall–Kier alpha value is -0.120. The van der Waals surface area contributed by atoms with Gasteiger partial charge in [-0.3, -0.25) is 0 Å². The Morgan fingerprint density at radius 2 is 1.89 bits per heavy atom. The van der Waals surface area contributed by atoms with Gasteiger partial charge in [0.1, 0.15) is 0 Å². The van der Waals surface area contributed by atoms with Crippen molar-refractivity contribution in [3.63, 3.8) is 0 Å². The fraction of sp³-hybridized carbons (Fsp3) is 1.00. The normalized spacial score (nSPS) is 36.9. The third-order valence-corrected chi connectivity index (χ3v) is 5.18. The Kier molecular flexibility index (Phi) is 3.89. The predicted molar refractivity (Wildman–Crippen MR) is 76.4 cm³/mol. The first-order valence-corrected chi connectivity index (χ1v) is 8.12. The summed E-state index contributed by atoms with van der Waals surface area (Å²) in [4.78, 5) is 0. The van der Waals surface area contributed by atoms with E-state index in [-0.39, 0.29) is 11.2 Å². The molecule has 0 radical (unpaired) electrons. The highest BCUT2D eigenvalue weighted by molar-refractivity contribution is 4.94. The van der Waals surface area contributed by atoms with Crippen LogP contribution in [0.15, 0.2) is 0 Å². The molecule has 3 nitrogen and oxygen atoms in total. The van der Waals surface area contributed by atoms with E-state index in [1.165, 1.54) is 38.5 Å². The van der Waals surface area contributed by atoms with Crippen LogP contribution in [-0.2, 0) is 9.47 Å². The molecule has 3 aliphatic rings. The zero-order valence-corrected chi connectivity index (χ0v) is 12.5. The van der Waals surface area contributed by atoms with Crippen LogP contribution in [0.1, 0.15) is 65.2 Å². The van der Waals surface area contributed by atoms with Gasteiger partial charge in [-0.2, -0.15) is 0 Å². The lowest BCUT2D eigenvalue weighted by molar-refractivity contribution is -0.0680. The van der Waals surface area contributed by atoms with Gasteiger partial charge in [0.25, 0.3) is 0 Å². The maximum Gasteiger partial charge on any atom is 0.0708 e. The molecule has 0 aromatic heterocycles. The lowest BCUT2D eigenvalue weighted by atomic mass is 9.94. The first kappa shape index (κ1) is 13.8. The lowest BCUT2D eigenvalue weighted by Crippen LogP contribution is -2.46. The van der Waals surface area contributed by atoms with Gasteiger partial charge < -0.3 is 14.8 Å². The predicted octanol–water partition coefficient (Wildman–Crippen LogP) is 3.03. The van der Waals surface area contributed by atoms with Gasteiger partial charge in [0.2, 0.25) is 0 Å². The molecule has 1 aliphatic carbocycles. The number of ether oxygens (including phenoxy) is 2. The smallest absolute Gasteiger partial charge is 0.0708 e. The maximum absolute atomic E-state index is 6.36. The second kappa shape index (κ2) is 5.34. The van der Waals surface area contributed by atoms with Crippen molar-refractivity contribution in [3.8, 4) is 0 Å². The van der Waals surface area contributed by atoms with E-state index in [4.69, 9.17) is 9.47 Å². The third-order valence-electron chi connectivity index (χ3n) is 5.18. The molecule has 0 aromatic rings. The molecule has 2 saturated heterocycles. The van der Waals surface area contributed by atoms with Crippen molar-refractivity contribution in [2.24, 2.45) is 0 Å². The second-order valence-electron chi connectivity index (χ2n) is 7.37. The number of hydrogen-bond acceptors (Lipinski definition) is 3. The third kappa shape index (κ3) is 3.32. The minimum Gasteiger partial charge on any atom is -0.375 e. The van der Waals surface area contributed by atoms with Crippen molar-refractivity contribution in [1.82, 2.24) is 5.32 Å². The van der Waals surface area contributed by atoms with Crippen LogP contribution in [-0.4, -0.2) is 36.5 Å². The van der Waals surface area contributed by atoms with Crippen LogP contribution >= 0.6 is 0 Å². The summed E-state index contributed by atoms with van der Waals surface area (Å²) in [6.07, 6.45) is 10.6. The first-order chi connectivity index (χ1) is 9.07. The summed E-state index contributed by atoms with van der Waals surface area (Å²) < 4.78 is 12.1. The van der Waals surface area contributed by atoms with Crippen molar-refractivity contribution in [1.29, 1.82) is 0 Å². The molecule has 2 unspecified atom stereocenters. The van der Waals surface area contributed by atoms with Gasteiger partial charge in [-0.05, 0) is 52.4 Å². The first-order valence-electron chi connectivity index (χ1n) is 8.12. The lowest BCUT2D eigenvalue weighted by Gasteiger charge is -2.36. The molecular weight excluding hydrogens is 238 g/mol. The number of rotatable bonds is 3. The van der Waals surface area contributed by atoms with Crippen LogP contribution in [0.25, 0.3) is 0 Å². The summed E-state index contributed by atoms with van der Waals surface area (Å²) in [5, 5.41) is 3.72. The van der Waals surface area contributed by atoms with Crippen molar-refractivity contribution in [3.05, 3.63) is 0 Å². The average molecular weight is 267 g/mol. The number of nitrogens with one attached hydrogen (secondary N) is 1. The van der Waals surface area contributed by atoms with Gasteiger partial charge in [0.15, 0.2) is 0 Å². The quantitative estimate of drug-likeness (QED) is 0.852. The molecule has 0 amide bonds. The monoisotopic (exact) mass is 267 g/mol. The standard InChI is InChI=1S/C16H29NO2/c1-15(2)11-13(6-10-18-15)17-12-14-5-9-16(19-14)7-3-4-8-16/h13-14,17H,3-12H2,1-2H3. The Morgan fingerprint density at radius 3 is 2.63 bits per heavy atom. The van der Waals surface area contributed by atoms with Crippen LogP contribution in [0.3, 0.4) is 0 Å². The minimum atomic E-state index is 0.0408.